The Morgan fingerprint density at radius 2 is 1.90 bits per heavy atom. The molecule has 0 atom stereocenters. The maximum absolute atomic E-state index is 12.4. The highest BCUT2D eigenvalue weighted by atomic mass is 32.1. The molecule has 21 heavy (non-hydrogen) atoms. The van der Waals surface area contributed by atoms with Gasteiger partial charge in [0.1, 0.15) is 0 Å². The van der Waals surface area contributed by atoms with E-state index in [-0.39, 0.29) is 18.9 Å². The Balaban J connectivity index is 2.70. The molecule has 0 unspecified atom stereocenters. The standard InChI is InChI=1S/C14H23N3O3S/c1-3-7-16(8-4-2)12(18)11-17(9-5-13(19)20)14-15-6-10-21-14/h6,10H,3-5,7-9,11H2,1-2H3,(H,19,20). The molecule has 1 rings (SSSR count). The van der Waals surface area contributed by atoms with Crippen molar-refractivity contribution in [1.82, 2.24) is 9.88 Å². The van der Waals surface area contributed by atoms with Gasteiger partial charge in [0, 0.05) is 31.2 Å². The van der Waals surface area contributed by atoms with Crippen LogP contribution in [0.1, 0.15) is 33.1 Å². The number of hydrogen-bond donors (Lipinski definition) is 1. The minimum absolute atomic E-state index is 0.00554. The molecule has 0 bridgehead atoms. The second-order valence-electron chi connectivity index (χ2n) is 4.76. The number of nitrogens with zero attached hydrogens (tertiary/aromatic N) is 3. The number of amides is 1. The fourth-order valence-electron chi connectivity index (χ4n) is 2.01. The molecule has 118 valence electrons. The van der Waals surface area contributed by atoms with Crippen LogP contribution < -0.4 is 4.90 Å². The molecule has 0 saturated carbocycles. The molecular weight excluding hydrogens is 290 g/mol. The minimum atomic E-state index is -0.872. The van der Waals surface area contributed by atoms with Gasteiger partial charge in [0.15, 0.2) is 5.13 Å². The second-order valence-corrected chi connectivity index (χ2v) is 5.63. The Morgan fingerprint density at radius 1 is 1.24 bits per heavy atom. The highest BCUT2D eigenvalue weighted by Gasteiger charge is 2.19. The van der Waals surface area contributed by atoms with Crippen LogP contribution in [0.2, 0.25) is 0 Å². The molecule has 1 aromatic heterocycles. The summed E-state index contributed by atoms with van der Waals surface area (Å²) in [6.07, 6.45) is 3.48. The summed E-state index contributed by atoms with van der Waals surface area (Å²) >= 11 is 1.41. The average Bonchev–Trinajstić information content (AvgIpc) is 2.96. The Kier molecular flexibility index (Phi) is 7.74. The van der Waals surface area contributed by atoms with E-state index in [1.54, 1.807) is 11.1 Å². The average molecular weight is 313 g/mol. The number of carbonyl (C=O) groups excluding carboxylic acids is 1. The number of carboxylic acids is 1. The van der Waals surface area contributed by atoms with E-state index in [1.807, 2.05) is 24.1 Å². The number of thiazole rings is 1. The predicted octanol–water partition coefficient (Wildman–Crippen LogP) is 2.07. The van der Waals surface area contributed by atoms with Gasteiger partial charge in [-0.25, -0.2) is 4.98 Å². The van der Waals surface area contributed by atoms with Gasteiger partial charge in [0.25, 0.3) is 0 Å². The summed E-state index contributed by atoms with van der Waals surface area (Å²) < 4.78 is 0. The quantitative estimate of drug-likeness (QED) is 0.716. The molecule has 0 aliphatic heterocycles. The fourth-order valence-corrected chi connectivity index (χ4v) is 2.68. The van der Waals surface area contributed by atoms with Gasteiger partial charge in [-0.1, -0.05) is 13.8 Å². The molecule has 0 aliphatic carbocycles. The van der Waals surface area contributed by atoms with Crippen molar-refractivity contribution in [3.05, 3.63) is 11.6 Å². The largest absolute Gasteiger partial charge is 0.481 e. The number of carbonyl (C=O) groups is 2. The summed E-state index contributed by atoms with van der Waals surface area (Å²) in [7, 11) is 0. The SMILES string of the molecule is CCCN(CCC)C(=O)CN(CCC(=O)O)c1nccs1. The number of rotatable bonds is 10. The molecule has 0 fully saturated rings. The lowest BCUT2D eigenvalue weighted by molar-refractivity contribution is -0.137. The lowest BCUT2D eigenvalue weighted by Crippen LogP contribution is -2.42. The summed E-state index contributed by atoms with van der Waals surface area (Å²) in [5, 5.41) is 11.3. The van der Waals surface area contributed by atoms with Crippen LogP contribution in [-0.4, -0.2) is 53.0 Å². The van der Waals surface area contributed by atoms with Gasteiger partial charge >= 0.3 is 5.97 Å². The minimum Gasteiger partial charge on any atom is -0.481 e. The molecule has 0 saturated heterocycles. The molecule has 0 aliphatic rings. The Hall–Kier alpha value is -1.63. The second kappa shape index (κ2) is 9.33. The van der Waals surface area contributed by atoms with Crippen LogP contribution in [0.3, 0.4) is 0 Å². The van der Waals surface area contributed by atoms with Crippen molar-refractivity contribution >= 4 is 28.3 Å². The van der Waals surface area contributed by atoms with E-state index >= 15 is 0 Å². The normalized spacial score (nSPS) is 10.4. The van der Waals surface area contributed by atoms with Crippen molar-refractivity contribution in [3.63, 3.8) is 0 Å². The van der Waals surface area contributed by atoms with Gasteiger partial charge < -0.3 is 14.9 Å². The third-order valence-corrected chi connectivity index (χ3v) is 3.78. The first-order valence-electron chi connectivity index (χ1n) is 7.22. The Morgan fingerprint density at radius 3 is 2.38 bits per heavy atom. The molecule has 0 radical (unpaired) electrons. The molecule has 7 heteroatoms. The van der Waals surface area contributed by atoms with Crippen LogP contribution in [0.4, 0.5) is 5.13 Å². The van der Waals surface area contributed by atoms with Crippen LogP contribution in [-0.2, 0) is 9.59 Å². The fraction of sp³-hybridized carbons (Fsp3) is 0.643. The van der Waals surface area contributed by atoms with E-state index in [4.69, 9.17) is 5.11 Å². The van der Waals surface area contributed by atoms with Gasteiger partial charge in [-0.2, -0.15) is 0 Å². The van der Waals surface area contributed by atoms with E-state index in [9.17, 15) is 9.59 Å². The molecule has 1 amide bonds. The molecule has 1 N–H and O–H groups in total. The number of aliphatic carboxylic acids is 1. The lowest BCUT2D eigenvalue weighted by atomic mass is 10.3. The van der Waals surface area contributed by atoms with Crippen molar-refractivity contribution in [1.29, 1.82) is 0 Å². The molecule has 1 aromatic rings. The van der Waals surface area contributed by atoms with E-state index in [2.05, 4.69) is 4.98 Å². The first kappa shape index (κ1) is 17.4. The van der Waals surface area contributed by atoms with Gasteiger partial charge in [-0.15, -0.1) is 11.3 Å². The van der Waals surface area contributed by atoms with Crippen molar-refractivity contribution in [3.8, 4) is 0 Å². The van der Waals surface area contributed by atoms with Gasteiger partial charge in [-0.3, -0.25) is 9.59 Å². The van der Waals surface area contributed by atoms with Crippen molar-refractivity contribution in [2.24, 2.45) is 0 Å². The van der Waals surface area contributed by atoms with Crippen LogP contribution in [0, 0.1) is 0 Å². The van der Waals surface area contributed by atoms with Crippen LogP contribution in [0.5, 0.6) is 0 Å². The van der Waals surface area contributed by atoms with Crippen LogP contribution >= 0.6 is 11.3 Å². The number of hydrogen-bond acceptors (Lipinski definition) is 5. The predicted molar refractivity (Wildman–Crippen MR) is 83.7 cm³/mol. The Labute approximate surface area is 129 Å². The smallest absolute Gasteiger partial charge is 0.305 e. The van der Waals surface area contributed by atoms with E-state index in [0.29, 0.717) is 11.7 Å². The first-order valence-corrected chi connectivity index (χ1v) is 8.10. The van der Waals surface area contributed by atoms with E-state index in [1.165, 1.54) is 11.3 Å². The molecule has 0 spiro atoms. The van der Waals surface area contributed by atoms with Crippen molar-refractivity contribution in [2.75, 3.05) is 31.1 Å². The summed E-state index contributed by atoms with van der Waals surface area (Å²) in [6.45, 7) is 6.02. The molecule has 6 nitrogen and oxygen atoms in total. The van der Waals surface area contributed by atoms with Gasteiger partial charge in [0.05, 0.1) is 13.0 Å². The maximum Gasteiger partial charge on any atom is 0.305 e. The highest BCUT2D eigenvalue weighted by molar-refractivity contribution is 7.13. The van der Waals surface area contributed by atoms with Crippen LogP contribution in [0.15, 0.2) is 11.6 Å². The summed E-state index contributed by atoms with van der Waals surface area (Å²) in [4.78, 5) is 30.9. The zero-order chi connectivity index (χ0) is 15.7. The summed E-state index contributed by atoms with van der Waals surface area (Å²) in [5.41, 5.74) is 0. The van der Waals surface area contributed by atoms with Crippen LogP contribution in [0.25, 0.3) is 0 Å². The van der Waals surface area contributed by atoms with E-state index < -0.39 is 5.97 Å². The molecular formula is C14H23N3O3S. The number of aromatic nitrogens is 1. The first-order chi connectivity index (χ1) is 10.1. The third kappa shape index (κ3) is 6.12. The molecule has 0 aromatic carbocycles. The van der Waals surface area contributed by atoms with Gasteiger partial charge in [0.2, 0.25) is 5.91 Å². The summed E-state index contributed by atoms with van der Waals surface area (Å²) in [6, 6.07) is 0. The molecule has 1 heterocycles. The van der Waals surface area contributed by atoms with Gasteiger partial charge in [-0.05, 0) is 12.8 Å². The topological polar surface area (TPSA) is 73.7 Å². The van der Waals surface area contributed by atoms with Crippen molar-refractivity contribution < 1.29 is 14.7 Å². The number of anilines is 1. The highest BCUT2D eigenvalue weighted by Crippen LogP contribution is 2.17. The van der Waals surface area contributed by atoms with Crippen molar-refractivity contribution in [2.45, 2.75) is 33.1 Å². The monoisotopic (exact) mass is 313 g/mol. The number of carboxylic acid groups (broad SMARTS) is 1. The zero-order valence-corrected chi connectivity index (χ0v) is 13.4. The third-order valence-electron chi connectivity index (χ3n) is 2.95. The zero-order valence-electron chi connectivity index (χ0n) is 12.6. The summed E-state index contributed by atoms with van der Waals surface area (Å²) in [5.74, 6) is -0.845. The maximum atomic E-state index is 12.4. The lowest BCUT2D eigenvalue weighted by Gasteiger charge is -2.26. The Bertz CT molecular complexity index is 431. The van der Waals surface area contributed by atoms with E-state index in [0.717, 1.165) is 25.9 Å².